The van der Waals surface area contributed by atoms with Gasteiger partial charge in [0.2, 0.25) is 0 Å². The standard InChI is InChI=1S/C16H36N2/c1-7-8-9-11-16(5,6)13-18-12-10-14(17)15(2,3)4/h14,18H,7-13,17H2,1-6H3. The van der Waals surface area contributed by atoms with Crippen molar-refractivity contribution < 1.29 is 0 Å². The van der Waals surface area contributed by atoms with Gasteiger partial charge in [-0.25, -0.2) is 0 Å². The lowest BCUT2D eigenvalue weighted by Gasteiger charge is -2.29. The molecule has 0 aliphatic heterocycles. The lowest BCUT2D eigenvalue weighted by molar-refractivity contribution is 0.278. The molecule has 1 unspecified atom stereocenters. The highest BCUT2D eigenvalue weighted by Gasteiger charge is 2.21. The molecule has 0 saturated heterocycles. The van der Waals surface area contributed by atoms with Crippen LogP contribution in [0.1, 0.15) is 73.6 Å². The zero-order valence-electron chi connectivity index (χ0n) is 13.6. The van der Waals surface area contributed by atoms with Crippen LogP contribution in [0.25, 0.3) is 0 Å². The van der Waals surface area contributed by atoms with Gasteiger partial charge in [-0.05, 0) is 30.2 Å². The summed E-state index contributed by atoms with van der Waals surface area (Å²) in [4.78, 5) is 0. The molecule has 0 aliphatic rings. The minimum atomic E-state index is 0.221. The molecule has 1 atom stereocenters. The molecule has 0 aromatic heterocycles. The van der Waals surface area contributed by atoms with Crippen molar-refractivity contribution in [2.45, 2.75) is 79.7 Å². The molecule has 0 radical (unpaired) electrons. The summed E-state index contributed by atoms with van der Waals surface area (Å²) in [6, 6.07) is 0.285. The second-order valence-corrected chi connectivity index (χ2v) is 7.56. The predicted molar refractivity (Wildman–Crippen MR) is 82.8 cm³/mol. The summed E-state index contributed by atoms with van der Waals surface area (Å²) in [5.41, 5.74) is 6.80. The van der Waals surface area contributed by atoms with E-state index in [1.165, 1.54) is 25.7 Å². The Morgan fingerprint density at radius 2 is 1.67 bits per heavy atom. The lowest BCUT2D eigenvalue weighted by atomic mass is 9.85. The average molecular weight is 256 g/mol. The Morgan fingerprint density at radius 3 is 2.17 bits per heavy atom. The Hall–Kier alpha value is -0.0800. The molecule has 0 aromatic carbocycles. The SMILES string of the molecule is CCCCCC(C)(C)CNCCC(N)C(C)(C)C. The summed E-state index contributed by atoms with van der Waals surface area (Å²) in [7, 11) is 0. The molecular weight excluding hydrogens is 220 g/mol. The molecule has 0 fully saturated rings. The Kier molecular flexibility index (Phi) is 8.13. The van der Waals surface area contributed by atoms with Crippen LogP contribution in [0.4, 0.5) is 0 Å². The maximum Gasteiger partial charge on any atom is 0.00997 e. The molecule has 110 valence electrons. The molecule has 0 bridgehead atoms. The van der Waals surface area contributed by atoms with Gasteiger partial charge >= 0.3 is 0 Å². The maximum absolute atomic E-state index is 6.16. The second kappa shape index (κ2) is 8.16. The number of nitrogens with one attached hydrogen (secondary N) is 1. The molecule has 2 heteroatoms. The molecule has 0 spiro atoms. The summed E-state index contributed by atoms with van der Waals surface area (Å²) < 4.78 is 0. The molecule has 0 amide bonds. The van der Waals surface area contributed by atoms with Gasteiger partial charge in [-0.1, -0.05) is 60.8 Å². The summed E-state index contributed by atoms with van der Waals surface area (Å²) in [5, 5.41) is 3.58. The first-order valence-corrected chi connectivity index (χ1v) is 7.65. The van der Waals surface area contributed by atoms with Crippen LogP contribution in [0.15, 0.2) is 0 Å². The largest absolute Gasteiger partial charge is 0.327 e. The van der Waals surface area contributed by atoms with Crippen LogP contribution in [-0.4, -0.2) is 19.1 Å². The first-order chi connectivity index (χ1) is 8.19. The Labute approximate surface area is 115 Å². The quantitative estimate of drug-likeness (QED) is 0.613. The molecule has 2 nitrogen and oxygen atoms in total. The fraction of sp³-hybridized carbons (Fsp3) is 1.00. The van der Waals surface area contributed by atoms with Crippen molar-refractivity contribution >= 4 is 0 Å². The molecule has 0 heterocycles. The van der Waals surface area contributed by atoms with E-state index in [0.717, 1.165) is 19.5 Å². The number of hydrogen-bond donors (Lipinski definition) is 2. The normalized spacial score (nSPS) is 14.8. The van der Waals surface area contributed by atoms with Crippen molar-refractivity contribution in [1.29, 1.82) is 0 Å². The van der Waals surface area contributed by atoms with Gasteiger partial charge in [-0.3, -0.25) is 0 Å². The summed E-state index contributed by atoms with van der Waals surface area (Å²) in [6.07, 6.45) is 6.41. The molecular formula is C16H36N2. The van der Waals surface area contributed by atoms with Crippen LogP contribution >= 0.6 is 0 Å². The van der Waals surface area contributed by atoms with Crippen LogP contribution in [0.3, 0.4) is 0 Å². The minimum Gasteiger partial charge on any atom is -0.327 e. The Morgan fingerprint density at radius 1 is 1.06 bits per heavy atom. The van der Waals surface area contributed by atoms with Gasteiger partial charge < -0.3 is 11.1 Å². The molecule has 0 aliphatic carbocycles. The third-order valence-electron chi connectivity index (χ3n) is 3.81. The van der Waals surface area contributed by atoms with E-state index in [0.29, 0.717) is 5.41 Å². The van der Waals surface area contributed by atoms with Gasteiger partial charge in [-0.2, -0.15) is 0 Å². The van der Waals surface area contributed by atoms with Crippen molar-refractivity contribution in [3.8, 4) is 0 Å². The van der Waals surface area contributed by atoms with Crippen molar-refractivity contribution in [2.75, 3.05) is 13.1 Å². The van der Waals surface area contributed by atoms with Gasteiger partial charge in [-0.15, -0.1) is 0 Å². The van der Waals surface area contributed by atoms with Crippen molar-refractivity contribution in [2.24, 2.45) is 16.6 Å². The van der Waals surface area contributed by atoms with Crippen LogP contribution in [0, 0.1) is 10.8 Å². The Balaban J connectivity index is 3.70. The van der Waals surface area contributed by atoms with E-state index in [4.69, 9.17) is 5.73 Å². The fourth-order valence-electron chi connectivity index (χ4n) is 2.06. The summed E-state index contributed by atoms with van der Waals surface area (Å²) in [6.45, 7) is 15.8. The van der Waals surface area contributed by atoms with E-state index in [-0.39, 0.29) is 11.5 Å². The van der Waals surface area contributed by atoms with Gasteiger partial charge in [0.1, 0.15) is 0 Å². The average Bonchev–Trinajstić information content (AvgIpc) is 2.23. The smallest absolute Gasteiger partial charge is 0.00997 e. The molecule has 0 rings (SSSR count). The van der Waals surface area contributed by atoms with Gasteiger partial charge in [0, 0.05) is 12.6 Å². The molecule has 0 saturated carbocycles. The summed E-state index contributed by atoms with van der Waals surface area (Å²) >= 11 is 0. The van der Waals surface area contributed by atoms with Crippen molar-refractivity contribution in [3.05, 3.63) is 0 Å². The second-order valence-electron chi connectivity index (χ2n) is 7.56. The number of rotatable bonds is 9. The molecule has 0 aromatic rings. The van der Waals surface area contributed by atoms with Crippen LogP contribution < -0.4 is 11.1 Å². The van der Waals surface area contributed by atoms with Gasteiger partial charge in [0.25, 0.3) is 0 Å². The lowest BCUT2D eigenvalue weighted by Crippen LogP contribution is -2.39. The highest BCUT2D eigenvalue weighted by Crippen LogP contribution is 2.23. The molecule has 18 heavy (non-hydrogen) atoms. The number of nitrogens with two attached hydrogens (primary N) is 1. The Bertz CT molecular complexity index is 204. The van der Waals surface area contributed by atoms with Crippen LogP contribution in [-0.2, 0) is 0 Å². The first-order valence-electron chi connectivity index (χ1n) is 7.65. The van der Waals surface area contributed by atoms with E-state index in [1.807, 2.05) is 0 Å². The van der Waals surface area contributed by atoms with E-state index < -0.39 is 0 Å². The van der Waals surface area contributed by atoms with Crippen LogP contribution in [0.5, 0.6) is 0 Å². The maximum atomic E-state index is 6.16. The monoisotopic (exact) mass is 256 g/mol. The van der Waals surface area contributed by atoms with E-state index in [1.54, 1.807) is 0 Å². The van der Waals surface area contributed by atoms with E-state index in [9.17, 15) is 0 Å². The van der Waals surface area contributed by atoms with Gasteiger partial charge in [0.05, 0.1) is 0 Å². The fourth-order valence-corrected chi connectivity index (χ4v) is 2.06. The number of hydrogen-bond acceptors (Lipinski definition) is 2. The van der Waals surface area contributed by atoms with E-state index >= 15 is 0 Å². The van der Waals surface area contributed by atoms with Gasteiger partial charge in [0.15, 0.2) is 0 Å². The first kappa shape index (κ1) is 17.9. The topological polar surface area (TPSA) is 38.0 Å². The summed E-state index contributed by atoms with van der Waals surface area (Å²) in [5.74, 6) is 0. The van der Waals surface area contributed by atoms with Crippen LogP contribution in [0.2, 0.25) is 0 Å². The highest BCUT2D eigenvalue weighted by atomic mass is 14.9. The molecule has 3 N–H and O–H groups in total. The zero-order valence-corrected chi connectivity index (χ0v) is 13.6. The third kappa shape index (κ3) is 8.93. The van der Waals surface area contributed by atoms with E-state index in [2.05, 4.69) is 46.9 Å². The van der Waals surface area contributed by atoms with Crippen molar-refractivity contribution in [1.82, 2.24) is 5.32 Å². The van der Waals surface area contributed by atoms with Crippen molar-refractivity contribution in [3.63, 3.8) is 0 Å². The highest BCUT2D eigenvalue weighted by molar-refractivity contribution is 4.78. The zero-order chi connectivity index (χ0) is 14.2. The minimum absolute atomic E-state index is 0.221. The number of unbranched alkanes of at least 4 members (excludes halogenated alkanes) is 2. The predicted octanol–water partition coefficient (Wildman–Crippen LogP) is 3.95. The third-order valence-corrected chi connectivity index (χ3v) is 3.81.